The van der Waals surface area contributed by atoms with E-state index in [-0.39, 0.29) is 0 Å². The average Bonchev–Trinajstić information content (AvgIpc) is 2.88. The molecule has 0 aliphatic carbocycles. The van der Waals surface area contributed by atoms with Gasteiger partial charge in [0.2, 0.25) is 0 Å². The highest BCUT2D eigenvalue weighted by Gasteiger charge is 2.22. The van der Waals surface area contributed by atoms with Gasteiger partial charge in [-0.3, -0.25) is 4.90 Å². The van der Waals surface area contributed by atoms with E-state index >= 15 is 0 Å². The van der Waals surface area contributed by atoms with Gasteiger partial charge in [-0.2, -0.15) is 0 Å². The van der Waals surface area contributed by atoms with Crippen molar-refractivity contribution in [3.8, 4) is 5.75 Å². The van der Waals surface area contributed by atoms with E-state index in [1.165, 1.54) is 24.9 Å². The van der Waals surface area contributed by atoms with Crippen LogP contribution in [0.4, 0.5) is 0 Å². The molecule has 0 amide bonds. The maximum absolute atomic E-state index is 5.27. The van der Waals surface area contributed by atoms with E-state index in [2.05, 4.69) is 39.1 Å². The number of benzene rings is 1. The molecular weight excluding hydrogens is 304 g/mol. The molecule has 1 saturated heterocycles. The number of halogens is 1. The van der Waals surface area contributed by atoms with Crippen molar-refractivity contribution in [1.82, 2.24) is 10.2 Å². The summed E-state index contributed by atoms with van der Waals surface area (Å²) in [5.41, 5.74) is 1.25. The van der Waals surface area contributed by atoms with Gasteiger partial charge in [0.15, 0.2) is 0 Å². The fraction of sp³-hybridized carbons (Fsp3) is 0.600. The second-order valence-corrected chi connectivity index (χ2v) is 5.87. The zero-order valence-corrected chi connectivity index (χ0v) is 13.4. The molecule has 1 atom stereocenters. The zero-order valence-electron chi connectivity index (χ0n) is 11.8. The second-order valence-electron chi connectivity index (χ2n) is 5.01. The molecule has 0 radical (unpaired) electrons. The molecule has 1 N–H and O–H groups in total. The molecule has 2 rings (SSSR count). The molecular formula is C15H23BrN2O. The Kier molecular flexibility index (Phi) is 5.67. The van der Waals surface area contributed by atoms with Crippen molar-refractivity contribution >= 4 is 15.9 Å². The summed E-state index contributed by atoms with van der Waals surface area (Å²) in [5, 5.41) is 3.57. The van der Waals surface area contributed by atoms with E-state index in [1.54, 1.807) is 7.11 Å². The molecule has 1 aromatic rings. The standard InChI is InChI=1S/C15H23BrN2O/c1-3-18-8-4-5-13(18)11-17-10-12-9-14(19-2)6-7-15(12)16/h6-7,9,13,17H,3-5,8,10-11H2,1-2H3. The van der Waals surface area contributed by atoms with Crippen LogP contribution in [-0.2, 0) is 6.54 Å². The molecule has 1 aliphatic rings. The first kappa shape index (κ1) is 14.8. The summed E-state index contributed by atoms with van der Waals surface area (Å²) in [5.74, 6) is 0.913. The third-order valence-electron chi connectivity index (χ3n) is 3.85. The molecule has 1 aromatic carbocycles. The van der Waals surface area contributed by atoms with Crippen molar-refractivity contribution in [2.75, 3.05) is 26.7 Å². The number of rotatable bonds is 6. The molecule has 3 nitrogen and oxygen atoms in total. The normalized spacial score (nSPS) is 19.8. The second kappa shape index (κ2) is 7.27. The molecule has 0 bridgehead atoms. The molecule has 0 spiro atoms. The van der Waals surface area contributed by atoms with Gasteiger partial charge in [-0.25, -0.2) is 0 Å². The van der Waals surface area contributed by atoms with Crippen LogP contribution in [0.5, 0.6) is 5.75 Å². The number of likely N-dealkylation sites (tertiary alicyclic amines) is 1. The van der Waals surface area contributed by atoms with Gasteiger partial charge in [0.1, 0.15) is 5.75 Å². The van der Waals surface area contributed by atoms with Crippen molar-refractivity contribution in [2.45, 2.75) is 32.4 Å². The van der Waals surface area contributed by atoms with Gasteiger partial charge in [-0.1, -0.05) is 22.9 Å². The summed E-state index contributed by atoms with van der Waals surface area (Å²) in [6.07, 6.45) is 2.66. The third kappa shape index (κ3) is 3.94. The average molecular weight is 327 g/mol. The SMILES string of the molecule is CCN1CCCC1CNCc1cc(OC)ccc1Br. The third-order valence-corrected chi connectivity index (χ3v) is 4.63. The van der Waals surface area contributed by atoms with Gasteiger partial charge in [-0.15, -0.1) is 0 Å². The van der Waals surface area contributed by atoms with Gasteiger partial charge < -0.3 is 10.1 Å². The Morgan fingerprint density at radius 3 is 3.05 bits per heavy atom. The lowest BCUT2D eigenvalue weighted by Gasteiger charge is -2.23. The number of ether oxygens (including phenoxy) is 1. The number of hydrogen-bond donors (Lipinski definition) is 1. The van der Waals surface area contributed by atoms with Gasteiger partial charge in [-0.05, 0) is 49.7 Å². The van der Waals surface area contributed by atoms with Crippen molar-refractivity contribution < 1.29 is 4.74 Å². The summed E-state index contributed by atoms with van der Waals surface area (Å²) in [6, 6.07) is 6.81. The topological polar surface area (TPSA) is 24.5 Å². The van der Waals surface area contributed by atoms with Crippen molar-refractivity contribution in [3.63, 3.8) is 0 Å². The van der Waals surface area contributed by atoms with Crippen LogP contribution in [0.25, 0.3) is 0 Å². The largest absolute Gasteiger partial charge is 0.497 e. The Morgan fingerprint density at radius 1 is 1.47 bits per heavy atom. The quantitative estimate of drug-likeness (QED) is 0.869. The van der Waals surface area contributed by atoms with Gasteiger partial charge in [0.25, 0.3) is 0 Å². The lowest BCUT2D eigenvalue weighted by Crippen LogP contribution is -2.37. The van der Waals surface area contributed by atoms with Crippen LogP contribution in [0, 0.1) is 0 Å². The Hall–Kier alpha value is -0.580. The molecule has 19 heavy (non-hydrogen) atoms. The Balaban J connectivity index is 1.85. The van der Waals surface area contributed by atoms with Gasteiger partial charge in [0, 0.05) is 23.6 Å². The van der Waals surface area contributed by atoms with E-state index in [1.807, 2.05) is 12.1 Å². The van der Waals surface area contributed by atoms with Crippen LogP contribution in [0.2, 0.25) is 0 Å². The molecule has 106 valence electrons. The van der Waals surface area contributed by atoms with Crippen LogP contribution in [0.15, 0.2) is 22.7 Å². The van der Waals surface area contributed by atoms with Crippen LogP contribution < -0.4 is 10.1 Å². The number of nitrogens with zero attached hydrogens (tertiary/aromatic N) is 1. The van der Waals surface area contributed by atoms with E-state index in [9.17, 15) is 0 Å². The first-order chi connectivity index (χ1) is 9.24. The Morgan fingerprint density at radius 2 is 2.32 bits per heavy atom. The maximum Gasteiger partial charge on any atom is 0.119 e. The van der Waals surface area contributed by atoms with E-state index < -0.39 is 0 Å². The number of hydrogen-bond acceptors (Lipinski definition) is 3. The van der Waals surface area contributed by atoms with Crippen LogP contribution in [0.1, 0.15) is 25.3 Å². The minimum absolute atomic E-state index is 0.703. The number of likely N-dealkylation sites (N-methyl/N-ethyl adjacent to an activating group) is 1. The summed E-state index contributed by atoms with van der Waals surface area (Å²) in [4.78, 5) is 2.56. The zero-order chi connectivity index (χ0) is 13.7. The summed E-state index contributed by atoms with van der Waals surface area (Å²) >= 11 is 3.59. The highest BCUT2D eigenvalue weighted by atomic mass is 79.9. The molecule has 1 fully saturated rings. The lowest BCUT2D eigenvalue weighted by molar-refractivity contribution is 0.260. The van der Waals surface area contributed by atoms with Crippen molar-refractivity contribution in [1.29, 1.82) is 0 Å². The summed E-state index contributed by atoms with van der Waals surface area (Å²) in [7, 11) is 1.71. The maximum atomic E-state index is 5.27. The molecule has 1 aliphatic heterocycles. The van der Waals surface area contributed by atoms with Crippen molar-refractivity contribution in [3.05, 3.63) is 28.2 Å². The first-order valence-electron chi connectivity index (χ1n) is 7.01. The van der Waals surface area contributed by atoms with E-state index in [0.717, 1.165) is 29.9 Å². The Bertz CT molecular complexity index is 411. The van der Waals surface area contributed by atoms with Crippen molar-refractivity contribution in [2.24, 2.45) is 0 Å². The highest BCUT2D eigenvalue weighted by Crippen LogP contribution is 2.22. The predicted molar refractivity (Wildman–Crippen MR) is 82.7 cm³/mol. The number of methoxy groups -OCH3 is 1. The fourth-order valence-electron chi connectivity index (χ4n) is 2.73. The van der Waals surface area contributed by atoms with Crippen LogP contribution in [0.3, 0.4) is 0 Å². The predicted octanol–water partition coefficient (Wildman–Crippen LogP) is 3.03. The van der Waals surface area contributed by atoms with E-state index in [4.69, 9.17) is 4.74 Å². The van der Waals surface area contributed by atoms with Gasteiger partial charge in [0.05, 0.1) is 7.11 Å². The monoisotopic (exact) mass is 326 g/mol. The van der Waals surface area contributed by atoms with E-state index in [0.29, 0.717) is 6.04 Å². The van der Waals surface area contributed by atoms with Crippen LogP contribution >= 0.6 is 15.9 Å². The molecule has 0 aromatic heterocycles. The number of nitrogens with one attached hydrogen (secondary N) is 1. The first-order valence-corrected chi connectivity index (χ1v) is 7.81. The molecule has 1 heterocycles. The smallest absolute Gasteiger partial charge is 0.119 e. The molecule has 4 heteroatoms. The minimum Gasteiger partial charge on any atom is -0.497 e. The van der Waals surface area contributed by atoms with Crippen LogP contribution in [-0.4, -0.2) is 37.7 Å². The summed E-state index contributed by atoms with van der Waals surface area (Å²) < 4.78 is 6.41. The minimum atomic E-state index is 0.703. The van der Waals surface area contributed by atoms with Gasteiger partial charge >= 0.3 is 0 Å². The molecule has 1 unspecified atom stereocenters. The molecule has 0 saturated carbocycles. The lowest BCUT2D eigenvalue weighted by atomic mass is 10.2. The summed E-state index contributed by atoms with van der Waals surface area (Å²) in [6.45, 7) is 6.61. The highest BCUT2D eigenvalue weighted by molar-refractivity contribution is 9.10. The fourth-order valence-corrected chi connectivity index (χ4v) is 3.12. The Labute approximate surface area is 124 Å².